The lowest BCUT2D eigenvalue weighted by Gasteiger charge is -2.28. The third kappa shape index (κ3) is 5.43. The van der Waals surface area contributed by atoms with Crippen LogP contribution >= 0.6 is 0 Å². The van der Waals surface area contributed by atoms with Gasteiger partial charge in [0.15, 0.2) is 5.58 Å². The summed E-state index contributed by atoms with van der Waals surface area (Å²) < 4.78 is 6.65. The lowest BCUT2D eigenvalue weighted by molar-refractivity contribution is 0.669. The summed E-state index contributed by atoms with van der Waals surface area (Å²) in [6.45, 7) is 0. The zero-order valence-electron chi connectivity index (χ0n) is 27.4. The number of para-hydroxylation sites is 2. The van der Waals surface area contributed by atoms with E-state index in [1.165, 1.54) is 27.8 Å². The van der Waals surface area contributed by atoms with Gasteiger partial charge in [-0.05, 0) is 81.4 Å². The number of nitrogens with zero attached hydrogens (tertiary/aromatic N) is 1. The quantitative estimate of drug-likeness (QED) is 0.173. The van der Waals surface area contributed by atoms with Gasteiger partial charge < -0.3 is 9.32 Å². The lowest BCUT2D eigenvalue weighted by Crippen LogP contribution is -2.11. The Morgan fingerprint density at radius 3 is 1.54 bits per heavy atom. The molecule has 0 bridgehead atoms. The highest BCUT2D eigenvalue weighted by Crippen LogP contribution is 2.46. The van der Waals surface area contributed by atoms with Crippen LogP contribution in [0.4, 0.5) is 17.1 Å². The van der Waals surface area contributed by atoms with Crippen molar-refractivity contribution in [2.45, 2.75) is 0 Å². The SMILES string of the molecule is c1ccc(-c2ccc(N(c3ccc(-c4cccc(-c5ccccc5)c4)cc3-c3ccccc3)c3cccc4c3oc3ccccc34)cc2)cc1. The standard InChI is InChI=1S/C48H33NO/c1-4-14-34(15-5-1)36-26-29-41(30-27-36)49(46-24-13-23-43-42-22-10-11-25-47(42)50-48(43)46)45-31-28-40(33-44(45)37-18-8-3-9-19-37)39-21-12-20-38(32-39)35-16-6-2-7-17-35/h1-33H. The molecule has 1 heterocycles. The van der Waals surface area contributed by atoms with Crippen LogP contribution in [0, 0.1) is 0 Å². The van der Waals surface area contributed by atoms with Crippen molar-refractivity contribution in [3.05, 3.63) is 200 Å². The van der Waals surface area contributed by atoms with E-state index < -0.39 is 0 Å². The van der Waals surface area contributed by atoms with E-state index in [0.717, 1.165) is 55.7 Å². The molecule has 9 aromatic rings. The Balaban J connectivity index is 1.26. The fourth-order valence-electron chi connectivity index (χ4n) is 7.02. The molecule has 0 aliphatic carbocycles. The Labute approximate surface area is 292 Å². The van der Waals surface area contributed by atoms with Gasteiger partial charge in [0.05, 0.1) is 11.4 Å². The zero-order valence-corrected chi connectivity index (χ0v) is 27.4. The normalized spacial score (nSPS) is 11.2. The largest absolute Gasteiger partial charge is 0.454 e. The maximum atomic E-state index is 6.65. The molecule has 9 rings (SSSR count). The van der Waals surface area contributed by atoms with Crippen LogP contribution in [0.5, 0.6) is 0 Å². The topological polar surface area (TPSA) is 16.4 Å². The van der Waals surface area contributed by atoms with Crippen LogP contribution in [0.25, 0.3) is 66.4 Å². The van der Waals surface area contributed by atoms with Crippen molar-refractivity contribution in [2.75, 3.05) is 4.90 Å². The van der Waals surface area contributed by atoms with Gasteiger partial charge in [-0.1, -0.05) is 158 Å². The first-order chi connectivity index (χ1) is 24.8. The van der Waals surface area contributed by atoms with E-state index >= 15 is 0 Å². The Bertz CT molecular complexity index is 2570. The first kappa shape index (κ1) is 29.5. The molecule has 0 saturated carbocycles. The maximum absolute atomic E-state index is 6.65. The molecule has 0 amide bonds. The van der Waals surface area contributed by atoms with E-state index in [0.29, 0.717) is 0 Å². The van der Waals surface area contributed by atoms with E-state index in [9.17, 15) is 0 Å². The average Bonchev–Trinajstić information content (AvgIpc) is 3.59. The predicted molar refractivity (Wildman–Crippen MR) is 210 cm³/mol. The van der Waals surface area contributed by atoms with Crippen LogP contribution in [0.2, 0.25) is 0 Å². The second-order valence-electron chi connectivity index (χ2n) is 12.5. The summed E-state index contributed by atoms with van der Waals surface area (Å²) in [5.41, 5.74) is 14.2. The number of hydrogen-bond acceptors (Lipinski definition) is 2. The van der Waals surface area contributed by atoms with Crippen molar-refractivity contribution in [1.29, 1.82) is 0 Å². The van der Waals surface area contributed by atoms with Gasteiger partial charge in [0.2, 0.25) is 0 Å². The zero-order chi connectivity index (χ0) is 33.3. The molecule has 8 aromatic carbocycles. The molecule has 0 aliphatic rings. The van der Waals surface area contributed by atoms with Gasteiger partial charge in [0.1, 0.15) is 5.58 Å². The van der Waals surface area contributed by atoms with E-state index in [1.54, 1.807) is 0 Å². The number of furan rings is 1. The summed E-state index contributed by atoms with van der Waals surface area (Å²) in [6, 6.07) is 71.1. The molecule has 2 heteroatoms. The van der Waals surface area contributed by atoms with Crippen molar-refractivity contribution in [3.8, 4) is 44.5 Å². The molecule has 0 aliphatic heterocycles. The number of anilines is 3. The fourth-order valence-corrected chi connectivity index (χ4v) is 7.02. The molecule has 2 nitrogen and oxygen atoms in total. The van der Waals surface area contributed by atoms with Gasteiger partial charge in [-0.25, -0.2) is 0 Å². The minimum absolute atomic E-state index is 0.861. The molecular formula is C48H33NO. The number of benzene rings is 8. The molecule has 0 spiro atoms. The lowest BCUT2D eigenvalue weighted by atomic mass is 9.94. The van der Waals surface area contributed by atoms with Crippen molar-refractivity contribution in [1.82, 2.24) is 0 Å². The highest BCUT2D eigenvalue weighted by atomic mass is 16.3. The van der Waals surface area contributed by atoms with Gasteiger partial charge in [0.25, 0.3) is 0 Å². The number of hydrogen-bond donors (Lipinski definition) is 0. The third-order valence-corrected chi connectivity index (χ3v) is 9.48. The van der Waals surface area contributed by atoms with Crippen molar-refractivity contribution < 1.29 is 4.42 Å². The molecule has 0 N–H and O–H groups in total. The third-order valence-electron chi connectivity index (χ3n) is 9.48. The number of rotatable bonds is 7. The fraction of sp³-hybridized carbons (Fsp3) is 0. The summed E-state index contributed by atoms with van der Waals surface area (Å²) in [6.07, 6.45) is 0. The summed E-state index contributed by atoms with van der Waals surface area (Å²) in [7, 11) is 0. The van der Waals surface area contributed by atoms with Crippen molar-refractivity contribution >= 4 is 39.0 Å². The summed E-state index contributed by atoms with van der Waals surface area (Å²) in [4.78, 5) is 2.35. The van der Waals surface area contributed by atoms with Crippen LogP contribution in [0.3, 0.4) is 0 Å². The number of fused-ring (bicyclic) bond motifs is 3. The monoisotopic (exact) mass is 639 g/mol. The van der Waals surface area contributed by atoms with Crippen LogP contribution < -0.4 is 4.90 Å². The first-order valence-corrected chi connectivity index (χ1v) is 17.0. The van der Waals surface area contributed by atoms with Crippen molar-refractivity contribution in [2.24, 2.45) is 0 Å². The predicted octanol–water partition coefficient (Wildman–Crippen LogP) is 13.7. The van der Waals surface area contributed by atoms with Crippen LogP contribution in [0.15, 0.2) is 205 Å². The highest BCUT2D eigenvalue weighted by molar-refractivity contribution is 6.10. The Hall–Kier alpha value is -6.64. The smallest absolute Gasteiger partial charge is 0.159 e. The summed E-state index contributed by atoms with van der Waals surface area (Å²) in [5.74, 6) is 0. The molecule has 0 atom stereocenters. The summed E-state index contributed by atoms with van der Waals surface area (Å²) >= 11 is 0. The second-order valence-corrected chi connectivity index (χ2v) is 12.5. The second kappa shape index (κ2) is 12.8. The molecule has 1 aromatic heterocycles. The molecular weight excluding hydrogens is 607 g/mol. The van der Waals surface area contributed by atoms with Crippen LogP contribution in [-0.4, -0.2) is 0 Å². The minimum Gasteiger partial charge on any atom is -0.454 e. The molecule has 0 radical (unpaired) electrons. The molecule has 0 saturated heterocycles. The van der Waals surface area contributed by atoms with E-state index in [4.69, 9.17) is 4.42 Å². The molecule has 50 heavy (non-hydrogen) atoms. The molecule has 236 valence electrons. The van der Waals surface area contributed by atoms with Crippen LogP contribution in [0.1, 0.15) is 0 Å². The van der Waals surface area contributed by atoms with Crippen LogP contribution in [-0.2, 0) is 0 Å². The van der Waals surface area contributed by atoms with Gasteiger partial charge in [-0.15, -0.1) is 0 Å². The van der Waals surface area contributed by atoms with Gasteiger partial charge in [-0.3, -0.25) is 0 Å². The van der Waals surface area contributed by atoms with Gasteiger partial charge >= 0.3 is 0 Å². The minimum atomic E-state index is 0.861. The summed E-state index contributed by atoms with van der Waals surface area (Å²) in [5, 5.41) is 2.21. The van der Waals surface area contributed by atoms with Crippen molar-refractivity contribution in [3.63, 3.8) is 0 Å². The van der Waals surface area contributed by atoms with E-state index in [-0.39, 0.29) is 0 Å². The maximum Gasteiger partial charge on any atom is 0.159 e. The molecule has 0 unspecified atom stereocenters. The highest BCUT2D eigenvalue weighted by Gasteiger charge is 2.22. The van der Waals surface area contributed by atoms with E-state index in [1.807, 2.05) is 12.1 Å². The van der Waals surface area contributed by atoms with E-state index in [2.05, 4.69) is 193 Å². The average molecular weight is 640 g/mol. The Morgan fingerprint density at radius 1 is 0.320 bits per heavy atom. The Kier molecular flexibility index (Phi) is 7.53. The first-order valence-electron chi connectivity index (χ1n) is 17.0. The molecule has 0 fully saturated rings. The van der Waals surface area contributed by atoms with Gasteiger partial charge in [0, 0.05) is 22.0 Å². The Morgan fingerprint density at radius 2 is 0.820 bits per heavy atom. The van der Waals surface area contributed by atoms with Gasteiger partial charge in [-0.2, -0.15) is 0 Å².